The van der Waals surface area contributed by atoms with Gasteiger partial charge in [0.1, 0.15) is 0 Å². The molecule has 8 nitrogen and oxygen atoms in total. The monoisotopic (exact) mass is 251 g/mol. The number of amides is 5. The Morgan fingerprint density at radius 2 is 1.67 bits per heavy atom. The highest BCUT2D eigenvalue weighted by Crippen LogP contribution is 2.13. The van der Waals surface area contributed by atoms with Gasteiger partial charge in [-0.2, -0.15) is 0 Å². The maximum atomic E-state index is 11.5. The van der Waals surface area contributed by atoms with Crippen LogP contribution in [0, 0.1) is 0 Å². The summed E-state index contributed by atoms with van der Waals surface area (Å²) in [5.41, 5.74) is 4.81. The van der Waals surface area contributed by atoms with E-state index in [4.69, 9.17) is 10.8 Å². The van der Waals surface area contributed by atoms with E-state index in [0.717, 1.165) is 0 Å². The van der Waals surface area contributed by atoms with Crippen LogP contribution in [0.5, 0.6) is 0 Å². The number of nitrogens with two attached hydrogens (primary N) is 1. The van der Waals surface area contributed by atoms with Crippen LogP contribution in [0.4, 0.5) is 15.3 Å². The Morgan fingerprint density at radius 3 is 2.11 bits per heavy atom. The van der Waals surface area contributed by atoms with Crippen molar-refractivity contribution < 1.29 is 24.3 Å². The molecule has 0 radical (unpaired) electrons. The first-order chi connectivity index (χ1) is 8.43. The largest absolute Gasteiger partial charge is 0.465 e. The fourth-order valence-electron chi connectivity index (χ4n) is 1.16. The predicted molar refractivity (Wildman–Crippen MR) is 59.7 cm³/mol. The summed E-state index contributed by atoms with van der Waals surface area (Å²) in [6, 6.07) is 6.04. The standard InChI is InChI=1S/C10H9N3O5/c11-7(14)8(15)13(9(16)12-10(17)18)6-4-2-1-3-5-6/h1-5H,(H2,11,14)(H,12,16)(H,17,18). The first-order valence-electron chi connectivity index (χ1n) is 4.66. The van der Waals surface area contributed by atoms with Crippen molar-refractivity contribution in [3.05, 3.63) is 30.3 Å². The summed E-state index contributed by atoms with van der Waals surface area (Å²) in [5, 5.41) is 9.87. The Bertz CT molecular complexity index is 499. The number of rotatable bonds is 1. The zero-order chi connectivity index (χ0) is 13.7. The highest BCUT2D eigenvalue weighted by Gasteiger charge is 2.28. The van der Waals surface area contributed by atoms with E-state index in [1.54, 1.807) is 6.07 Å². The number of hydrogen-bond donors (Lipinski definition) is 3. The number of nitrogens with zero attached hydrogens (tertiary/aromatic N) is 1. The minimum absolute atomic E-state index is 0.0278. The van der Waals surface area contributed by atoms with Crippen LogP contribution in [-0.4, -0.2) is 29.0 Å². The molecule has 0 aliphatic carbocycles. The number of imide groups is 2. The zero-order valence-corrected chi connectivity index (χ0v) is 8.99. The lowest BCUT2D eigenvalue weighted by Gasteiger charge is -2.18. The lowest BCUT2D eigenvalue weighted by atomic mass is 10.3. The van der Waals surface area contributed by atoms with Crippen molar-refractivity contribution in [3.8, 4) is 0 Å². The predicted octanol–water partition coefficient (Wildman–Crippen LogP) is -0.107. The smallest absolute Gasteiger partial charge is 0.412 e. The Kier molecular flexibility index (Phi) is 3.98. The second-order valence-corrected chi connectivity index (χ2v) is 3.08. The average molecular weight is 251 g/mol. The summed E-state index contributed by atoms with van der Waals surface area (Å²) in [7, 11) is 0. The Morgan fingerprint density at radius 1 is 1.11 bits per heavy atom. The second-order valence-electron chi connectivity index (χ2n) is 3.08. The normalized spacial score (nSPS) is 9.33. The van der Waals surface area contributed by atoms with Crippen LogP contribution >= 0.6 is 0 Å². The summed E-state index contributed by atoms with van der Waals surface area (Å²) < 4.78 is 0. The molecule has 4 N–H and O–H groups in total. The van der Waals surface area contributed by atoms with Gasteiger partial charge in [0.25, 0.3) is 0 Å². The maximum absolute atomic E-state index is 11.5. The third kappa shape index (κ3) is 3.04. The van der Waals surface area contributed by atoms with Crippen molar-refractivity contribution in [1.82, 2.24) is 5.32 Å². The SMILES string of the molecule is NC(=O)C(=O)N(C(=O)NC(=O)O)c1ccccc1. The summed E-state index contributed by atoms with van der Waals surface area (Å²) in [6.45, 7) is 0. The number of anilines is 1. The molecule has 1 aromatic carbocycles. The molecule has 0 heterocycles. The molecule has 18 heavy (non-hydrogen) atoms. The van der Waals surface area contributed by atoms with Crippen molar-refractivity contribution >= 4 is 29.6 Å². The number of carbonyl (C=O) groups excluding carboxylic acids is 3. The van der Waals surface area contributed by atoms with Crippen LogP contribution in [0.2, 0.25) is 0 Å². The lowest BCUT2D eigenvalue weighted by Crippen LogP contribution is -2.50. The maximum Gasteiger partial charge on any atom is 0.412 e. The number of primary amides is 1. The van der Waals surface area contributed by atoms with Gasteiger partial charge in [-0.3, -0.25) is 9.59 Å². The average Bonchev–Trinajstić information content (AvgIpc) is 2.29. The van der Waals surface area contributed by atoms with Crippen LogP contribution in [0.1, 0.15) is 0 Å². The highest BCUT2D eigenvalue weighted by molar-refractivity contribution is 6.45. The van der Waals surface area contributed by atoms with Gasteiger partial charge in [0.2, 0.25) is 0 Å². The number of para-hydroxylation sites is 1. The summed E-state index contributed by atoms with van der Waals surface area (Å²) in [4.78, 5) is 44.5. The lowest BCUT2D eigenvalue weighted by molar-refractivity contribution is -0.135. The van der Waals surface area contributed by atoms with E-state index in [1.165, 1.54) is 29.6 Å². The molecular weight excluding hydrogens is 242 g/mol. The highest BCUT2D eigenvalue weighted by atomic mass is 16.4. The van der Waals surface area contributed by atoms with Crippen LogP contribution in [0.25, 0.3) is 0 Å². The topological polar surface area (TPSA) is 130 Å². The molecule has 0 saturated heterocycles. The number of carbonyl (C=O) groups is 4. The molecule has 0 fully saturated rings. The van der Waals surface area contributed by atoms with E-state index >= 15 is 0 Å². The molecule has 0 aliphatic rings. The third-order valence-electron chi connectivity index (χ3n) is 1.85. The second kappa shape index (κ2) is 5.43. The zero-order valence-electron chi connectivity index (χ0n) is 8.99. The van der Waals surface area contributed by atoms with Gasteiger partial charge in [-0.05, 0) is 12.1 Å². The van der Waals surface area contributed by atoms with E-state index in [-0.39, 0.29) is 5.69 Å². The molecule has 8 heteroatoms. The number of carboxylic acid groups (broad SMARTS) is 1. The third-order valence-corrected chi connectivity index (χ3v) is 1.85. The molecule has 1 aromatic rings. The summed E-state index contributed by atoms with van der Waals surface area (Å²) in [5.74, 6) is -2.71. The van der Waals surface area contributed by atoms with E-state index in [0.29, 0.717) is 4.90 Å². The Hall–Kier alpha value is -2.90. The number of benzene rings is 1. The number of urea groups is 1. The van der Waals surface area contributed by atoms with Crippen molar-refractivity contribution in [2.45, 2.75) is 0 Å². The molecule has 94 valence electrons. The summed E-state index contributed by atoms with van der Waals surface area (Å²) in [6.07, 6.45) is -1.65. The molecule has 1 rings (SSSR count). The molecule has 0 aliphatic heterocycles. The fourth-order valence-corrected chi connectivity index (χ4v) is 1.16. The van der Waals surface area contributed by atoms with Gasteiger partial charge in [0, 0.05) is 0 Å². The Labute approximate surface area is 101 Å². The van der Waals surface area contributed by atoms with Gasteiger partial charge in [0.15, 0.2) is 0 Å². The minimum Gasteiger partial charge on any atom is -0.465 e. The molecule has 5 amide bonds. The van der Waals surface area contributed by atoms with Crippen LogP contribution in [0.3, 0.4) is 0 Å². The van der Waals surface area contributed by atoms with Gasteiger partial charge >= 0.3 is 23.9 Å². The van der Waals surface area contributed by atoms with Gasteiger partial charge in [-0.15, -0.1) is 0 Å². The molecule has 0 saturated carbocycles. The molecule has 0 spiro atoms. The molecule has 0 atom stereocenters. The molecule has 0 aromatic heterocycles. The van der Waals surface area contributed by atoms with Crippen LogP contribution in [-0.2, 0) is 9.59 Å². The molecule has 0 unspecified atom stereocenters. The van der Waals surface area contributed by atoms with E-state index in [2.05, 4.69) is 0 Å². The van der Waals surface area contributed by atoms with Gasteiger partial charge in [0.05, 0.1) is 5.69 Å². The Balaban J connectivity index is 3.11. The number of nitrogens with one attached hydrogen (secondary N) is 1. The number of hydrogen-bond acceptors (Lipinski definition) is 4. The minimum atomic E-state index is -1.65. The fraction of sp³-hybridized carbons (Fsp3) is 0. The van der Waals surface area contributed by atoms with Crippen molar-refractivity contribution in [1.29, 1.82) is 0 Å². The molecule has 0 bridgehead atoms. The summed E-state index contributed by atoms with van der Waals surface area (Å²) >= 11 is 0. The first-order valence-corrected chi connectivity index (χ1v) is 4.66. The van der Waals surface area contributed by atoms with Crippen LogP contribution < -0.4 is 16.0 Å². The molecular formula is C10H9N3O5. The van der Waals surface area contributed by atoms with Crippen molar-refractivity contribution in [3.63, 3.8) is 0 Å². The van der Waals surface area contributed by atoms with Crippen LogP contribution in [0.15, 0.2) is 30.3 Å². The van der Waals surface area contributed by atoms with Gasteiger partial charge in [-0.25, -0.2) is 19.8 Å². The van der Waals surface area contributed by atoms with Gasteiger partial charge in [-0.1, -0.05) is 18.2 Å². The van der Waals surface area contributed by atoms with Gasteiger partial charge < -0.3 is 10.8 Å². The van der Waals surface area contributed by atoms with E-state index in [1.807, 2.05) is 0 Å². The quantitative estimate of drug-likeness (QED) is 0.599. The van der Waals surface area contributed by atoms with E-state index < -0.39 is 23.9 Å². The van der Waals surface area contributed by atoms with Crippen molar-refractivity contribution in [2.75, 3.05) is 4.90 Å². The first kappa shape index (κ1) is 13.2. The van der Waals surface area contributed by atoms with E-state index in [9.17, 15) is 19.2 Å². The van der Waals surface area contributed by atoms with Crippen molar-refractivity contribution in [2.24, 2.45) is 5.73 Å².